The lowest BCUT2D eigenvalue weighted by atomic mass is 9.85. The van der Waals surface area contributed by atoms with Gasteiger partial charge >= 0.3 is 0 Å². The van der Waals surface area contributed by atoms with Gasteiger partial charge < -0.3 is 49.6 Å². The Labute approximate surface area is 371 Å². The molecule has 0 radical (unpaired) electrons. The Bertz CT molecular complexity index is 2060. The Morgan fingerprint density at radius 2 is 1.54 bits per heavy atom. The van der Waals surface area contributed by atoms with Crippen molar-refractivity contribution in [3.8, 4) is 10.4 Å². The predicted octanol–water partition coefficient (Wildman–Crippen LogP) is 2.37. The van der Waals surface area contributed by atoms with Gasteiger partial charge in [0.2, 0.25) is 27.7 Å². The van der Waals surface area contributed by atoms with Crippen molar-refractivity contribution in [1.29, 1.82) is 0 Å². The Kier molecular flexibility index (Phi) is 20.2. The van der Waals surface area contributed by atoms with Crippen LogP contribution in [0.25, 0.3) is 10.4 Å². The normalized spacial score (nSPS) is 15.9. The molecular weight excluding hydrogens is 863 g/mol. The van der Waals surface area contributed by atoms with Gasteiger partial charge in [-0.1, -0.05) is 45.0 Å². The molecule has 1 aliphatic rings. The van der Waals surface area contributed by atoms with E-state index in [4.69, 9.17) is 28.8 Å². The number of aliphatic hydroxyl groups excluding tert-OH is 1. The van der Waals surface area contributed by atoms with Gasteiger partial charge in [-0.05, 0) is 35.6 Å². The van der Waals surface area contributed by atoms with E-state index in [-0.39, 0.29) is 87.9 Å². The van der Waals surface area contributed by atoms with Crippen LogP contribution in [0.4, 0.5) is 11.4 Å². The fraction of sp³-hybridized carbons (Fsp3) is 0.561. The lowest BCUT2D eigenvalue weighted by Gasteiger charge is -2.35. The number of amides is 3. The average molecular weight is 922 g/mol. The highest BCUT2D eigenvalue weighted by Crippen LogP contribution is 2.29. The number of aromatic nitrogens is 1. The number of aliphatic hydroxyl groups is 1. The number of ether oxygens (including phenoxy) is 5. The van der Waals surface area contributed by atoms with Crippen molar-refractivity contribution in [3.63, 3.8) is 0 Å². The van der Waals surface area contributed by atoms with Crippen LogP contribution in [0.2, 0.25) is 0 Å². The summed E-state index contributed by atoms with van der Waals surface area (Å²) in [6.07, 6.45) is -0.781. The molecule has 2 heterocycles. The van der Waals surface area contributed by atoms with Crippen LogP contribution in [0, 0.1) is 22.5 Å². The first kappa shape index (κ1) is 51.0. The lowest BCUT2D eigenvalue weighted by Crippen LogP contribution is -2.57. The summed E-state index contributed by atoms with van der Waals surface area (Å²) in [6, 6.07) is 9.35. The first-order valence-corrected chi connectivity index (χ1v) is 22.9. The summed E-state index contributed by atoms with van der Waals surface area (Å²) in [5, 5.41) is 35.4. The fourth-order valence-electron chi connectivity index (χ4n) is 6.41. The number of nitrogens with zero attached hydrogens (tertiary/aromatic N) is 3. The number of carbonyl (C=O) groups excluding carboxylic acids is 3. The number of nitro benzene ring substituents is 1. The molecular formula is C41H59N7O13S2. The van der Waals surface area contributed by atoms with Gasteiger partial charge in [0.15, 0.2) is 0 Å². The van der Waals surface area contributed by atoms with E-state index >= 15 is 0 Å². The molecule has 6 N–H and O–H groups in total. The first-order valence-electron chi connectivity index (χ1n) is 20.4. The summed E-state index contributed by atoms with van der Waals surface area (Å²) in [4.78, 5) is 57.2. The van der Waals surface area contributed by atoms with Crippen LogP contribution in [0.15, 0.2) is 52.9 Å². The number of hydrogen-bond acceptors (Lipinski definition) is 16. The van der Waals surface area contributed by atoms with Gasteiger partial charge in [0.25, 0.3) is 5.69 Å². The zero-order chi connectivity index (χ0) is 46.0. The number of benzene rings is 2. The number of rotatable bonds is 27. The number of anilines is 1. The minimum Gasteiger partial charge on any atom is -0.391 e. The molecule has 4 rings (SSSR count). The number of β-amino-alcohol motifs (C(OH)–C–C–N with tert-alkyl or cyclic N) is 1. The van der Waals surface area contributed by atoms with Crippen molar-refractivity contribution in [2.45, 2.75) is 70.2 Å². The maximum atomic E-state index is 13.9. The van der Waals surface area contributed by atoms with E-state index in [1.807, 2.05) is 52.0 Å². The molecule has 1 fully saturated rings. The van der Waals surface area contributed by atoms with Gasteiger partial charge in [-0.2, -0.15) is 0 Å². The zero-order valence-corrected chi connectivity index (χ0v) is 37.7. The maximum absolute atomic E-state index is 13.9. The molecule has 3 atom stereocenters. The van der Waals surface area contributed by atoms with Crippen LogP contribution < -0.4 is 21.1 Å². The number of carbonyl (C=O) groups is 3. The van der Waals surface area contributed by atoms with Crippen LogP contribution in [0.1, 0.15) is 44.9 Å². The molecule has 22 heteroatoms. The summed E-state index contributed by atoms with van der Waals surface area (Å²) in [5.41, 5.74) is 3.71. The summed E-state index contributed by atoms with van der Waals surface area (Å²) < 4.78 is 50.4. The molecule has 1 aliphatic heterocycles. The van der Waals surface area contributed by atoms with Gasteiger partial charge in [0, 0.05) is 38.5 Å². The second kappa shape index (κ2) is 25.0. The molecule has 0 aliphatic carbocycles. The largest absolute Gasteiger partial charge is 0.391 e. The molecule has 0 bridgehead atoms. The van der Waals surface area contributed by atoms with E-state index in [0.717, 1.165) is 27.8 Å². The second-order valence-electron chi connectivity index (χ2n) is 15.7. The first-order chi connectivity index (χ1) is 30.0. The molecule has 1 saturated heterocycles. The van der Waals surface area contributed by atoms with Gasteiger partial charge in [0.05, 0.1) is 98.1 Å². The van der Waals surface area contributed by atoms with Crippen LogP contribution in [-0.4, -0.2) is 143 Å². The molecule has 348 valence electrons. The van der Waals surface area contributed by atoms with Crippen molar-refractivity contribution in [1.82, 2.24) is 20.5 Å². The van der Waals surface area contributed by atoms with Crippen molar-refractivity contribution in [2.75, 3.05) is 84.5 Å². The Balaban J connectivity index is 1.02. The quantitative estimate of drug-likeness (QED) is 0.0417. The molecule has 0 spiro atoms. The SMILES string of the molecule is Cc1ncsc1-c1ccc(CNC(=O)[C@@H]2C[C@@H](O)CN2C(=O)[C@@H](NC(=O)CCOCCOCCOCCOCCOCCNc2ccc(S(N)(=O)=O)cc2[N+](=O)[O-])C(C)(C)C)cc1. The van der Waals surface area contributed by atoms with E-state index in [1.54, 1.807) is 16.8 Å². The van der Waals surface area contributed by atoms with Crippen molar-refractivity contribution in [2.24, 2.45) is 10.6 Å². The van der Waals surface area contributed by atoms with E-state index < -0.39 is 50.1 Å². The maximum Gasteiger partial charge on any atom is 0.293 e. The third kappa shape index (κ3) is 16.8. The van der Waals surface area contributed by atoms with Crippen molar-refractivity contribution >= 4 is 50.5 Å². The number of likely N-dealkylation sites (tertiary alicyclic amines) is 1. The monoisotopic (exact) mass is 921 g/mol. The highest BCUT2D eigenvalue weighted by molar-refractivity contribution is 7.89. The van der Waals surface area contributed by atoms with Crippen LogP contribution in [0.3, 0.4) is 0 Å². The van der Waals surface area contributed by atoms with Crippen molar-refractivity contribution < 1.29 is 56.5 Å². The second-order valence-corrected chi connectivity index (χ2v) is 18.1. The molecule has 3 aromatic rings. The Morgan fingerprint density at radius 3 is 2.08 bits per heavy atom. The molecule has 2 aromatic carbocycles. The third-order valence-corrected chi connectivity index (χ3v) is 11.6. The number of nitro groups is 1. The summed E-state index contributed by atoms with van der Waals surface area (Å²) >= 11 is 1.56. The number of sulfonamides is 1. The molecule has 1 aromatic heterocycles. The van der Waals surface area contributed by atoms with Crippen LogP contribution in [0.5, 0.6) is 0 Å². The van der Waals surface area contributed by atoms with E-state index in [9.17, 15) is 38.0 Å². The summed E-state index contributed by atoms with van der Waals surface area (Å²) in [7, 11) is -4.07. The topological polar surface area (TPSA) is 273 Å². The fourth-order valence-corrected chi connectivity index (χ4v) is 7.75. The number of thiazole rings is 1. The van der Waals surface area contributed by atoms with Gasteiger partial charge in [0.1, 0.15) is 17.8 Å². The van der Waals surface area contributed by atoms with Gasteiger partial charge in [-0.25, -0.2) is 18.5 Å². The van der Waals surface area contributed by atoms with Crippen LogP contribution >= 0.6 is 11.3 Å². The van der Waals surface area contributed by atoms with Gasteiger partial charge in [-0.15, -0.1) is 11.3 Å². The molecule has 63 heavy (non-hydrogen) atoms. The minimum absolute atomic E-state index is 0.00342. The predicted molar refractivity (Wildman–Crippen MR) is 233 cm³/mol. The summed E-state index contributed by atoms with van der Waals surface area (Å²) in [6.45, 7) is 10.7. The molecule has 3 amide bonds. The van der Waals surface area contributed by atoms with Crippen molar-refractivity contribution in [3.05, 3.63) is 69.3 Å². The number of hydrogen-bond donors (Lipinski definition) is 5. The third-order valence-electron chi connectivity index (χ3n) is 9.73. The van der Waals surface area contributed by atoms with E-state index in [1.165, 1.54) is 17.0 Å². The van der Waals surface area contributed by atoms with Crippen LogP contribution in [-0.2, 0) is 54.6 Å². The Morgan fingerprint density at radius 1 is 0.952 bits per heavy atom. The minimum atomic E-state index is -4.07. The molecule has 20 nitrogen and oxygen atoms in total. The molecule has 0 saturated carbocycles. The smallest absolute Gasteiger partial charge is 0.293 e. The highest BCUT2D eigenvalue weighted by Gasteiger charge is 2.44. The molecule has 0 unspecified atom stereocenters. The number of primary sulfonamides is 1. The van der Waals surface area contributed by atoms with E-state index in [2.05, 4.69) is 20.9 Å². The van der Waals surface area contributed by atoms with Gasteiger partial charge in [-0.3, -0.25) is 24.5 Å². The number of aryl methyl sites for hydroxylation is 1. The lowest BCUT2D eigenvalue weighted by molar-refractivity contribution is -0.384. The highest BCUT2D eigenvalue weighted by atomic mass is 32.2. The summed E-state index contributed by atoms with van der Waals surface area (Å²) in [5.74, 6) is -1.21. The number of nitrogens with one attached hydrogen (secondary N) is 3. The average Bonchev–Trinajstić information content (AvgIpc) is 3.85. The standard InChI is InChI=1S/C41H59N7O13S2/c1-28-37(62-27-45-28)30-7-5-29(6-8-30)25-44-39(51)35-23-31(49)26-47(35)40(52)38(41(2,3)4)46-36(50)11-13-57-15-17-59-19-21-61-22-20-60-18-16-58-14-12-43-33-10-9-32(63(42,55)56)24-34(33)48(53)54/h5-10,24,27,31,35,38,43,49H,11-23,25-26H2,1-4H3,(H,44,51)(H,46,50)(H2,42,55,56)/t31-,35+,38-/m1/s1. The Hall–Kier alpha value is -4.65. The number of nitrogens with two attached hydrogens (primary N) is 1. The van der Waals surface area contributed by atoms with E-state index in [0.29, 0.717) is 33.0 Å². The zero-order valence-electron chi connectivity index (χ0n) is 36.0.